The number of ether oxygens (including phenoxy) is 1. The number of methoxy groups -OCH3 is 1. The maximum atomic E-state index is 12.0. The first-order chi connectivity index (χ1) is 8.81. The van der Waals surface area contributed by atoms with Crippen LogP contribution in [0, 0.1) is 0 Å². The summed E-state index contributed by atoms with van der Waals surface area (Å²) in [6.07, 6.45) is 4.88. The highest BCUT2D eigenvalue weighted by Gasteiger charge is 2.07. The van der Waals surface area contributed by atoms with Gasteiger partial charge in [0, 0.05) is 6.20 Å². The van der Waals surface area contributed by atoms with E-state index in [9.17, 15) is 4.79 Å². The van der Waals surface area contributed by atoms with E-state index in [-0.39, 0.29) is 5.78 Å². The summed E-state index contributed by atoms with van der Waals surface area (Å²) >= 11 is 0. The molecule has 0 radical (unpaired) electrons. The standard InChI is InChI=1S/C15H13NO2/c1-18-15-8-3-2-7-13(15)14(17)10-9-12-6-4-5-11-16-12/h2-11H,1H3/b10-9+. The van der Waals surface area contributed by atoms with Crippen molar-refractivity contribution in [3.8, 4) is 5.75 Å². The first kappa shape index (κ1) is 12.0. The molecule has 2 aromatic rings. The third-order valence-electron chi connectivity index (χ3n) is 2.47. The fraction of sp³-hybridized carbons (Fsp3) is 0.0667. The molecule has 2 rings (SSSR count). The lowest BCUT2D eigenvalue weighted by Crippen LogP contribution is -1.98. The second-order valence-corrected chi connectivity index (χ2v) is 3.65. The Morgan fingerprint density at radius 3 is 2.67 bits per heavy atom. The molecule has 0 fully saturated rings. The molecular weight excluding hydrogens is 226 g/mol. The van der Waals surface area contributed by atoms with Crippen molar-refractivity contribution in [2.24, 2.45) is 0 Å². The van der Waals surface area contributed by atoms with Crippen LogP contribution in [0.25, 0.3) is 6.08 Å². The van der Waals surface area contributed by atoms with Crippen molar-refractivity contribution in [3.05, 3.63) is 66.0 Å². The molecule has 18 heavy (non-hydrogen) atoms. The van der Waals surface area contributed by atoms with Gasteiger partial charge in [-0.05, 0) is 36.4 Å². The first-order valence-electron chi connectivity index (χ1n) is 5.58. The van der Waals surface area contributed by atoms with Crippen molar-refractivity contribution >= 4 is 11.9 Å². The number of hydrogen-bond acceptors (Lipinski definition) is 3. The molecule has 0 aliphatic rings. The number of carbonyl (C=O) groups is 1. The summed E-state index contributed by atoms with van der Waals surface area (Å²) < 4.78 is 5.15. The van der Waals surface area contributed by atoms with E-state index in [2.05, 4.69) is 4.98 Å². The van der Waals surface area contributed by atoms with Crippen LogP contribution >= 0.6 is 0 Å². The number of carbonyl (C=O) groups excluding carboxylic acids is 1. The first-order valence-corrected chi connectivity index (χ1v) is 5.58. The van der Waals surface area contributed by atoms with Gasteiger partial charge in [0.25, 0.3) is 0 Å². The van der Waals surface area contributed by atoms with Crippen LogP contribution in [0.2, 0.25) is 0 Å². The normalized spacial score (nSPS) is 10.5. The molecule has 3 nitrogen and oxygen atoms in total. The zero-order chi connectivity index (χ0) is 12.8. The maximum Gasteiger partial charge on any atom is 0.189 e. The Balaban J connectivity index is 2.20. The molecule has 0 saturated carbocycles. The van der Waals surface area contributed by atoms with E-state index in [1.165, 1.54) is 6.08 Å². The predicted molar refractivity (Wildman–Crippen MR) is 70.6 cm³/mol. The van der Waals surface area contributed by atoms with Gasteiger partial charge >= 0.3 is 0 Å². The monoisotopic (exact) mass is 239 g/mol. The van der Waals surface area contributed by atoms with E-state index in [1.54, 1.807) is 31.5 Å². The highest BCUT2D eigenvalue weighted by molar-refractivity contribution is 6.08. The summed E-state index contributed by atoms with van der Waals surface area (Å²) in [5.74, 6) is 0.478. The molecule has 1 heterocycles. The van der Waals surface area contributed by atoms with Crippen molar-refractivity contribution in [3.63, 3.8) is 0 Å². The molecule has 0 unspecified atom stereocenters. The van der Waals surface area contributed by atoms with Crippen LogP contribution in [-0.4, -0.2) is 17.9 Å². The predicted octanol–water partition coefficient (Wildman–Crippen LogP) is 2.99. The highest BCUT2D eigenvalue weighted by atomic mass is 16.5. The lowest BCUT2D eigenvalue weighted by atomic mass is 10.1. The van der Waals surface area contributed by atoms with Crippen molar-refractivity contribution in [2.45, 2.75) is 0 Å². The minimum atomic E-state index is -0.0990. The van der Waals surface area contributed by atoms with Gasteiger partial charge in [-0.25, -0.2) is 0 Å². The number of rotatable bonds is 4. The molecule has 0 N–H and O–H groups in total. The molecule has 3 heteroatoms. The van der Waals surface area contributed by atoms with Gasteiger partial charge in [-0.1, -0.05) is 18.2 Å². The minimum Gasteiger partial charge on any atom is -0.496 e. The third kappa shape index (κ3) is 2.83. The Kier molecular flexibility index (Phi) is 3.86. The van der Waals surface area contributed by atoms with E-state index >= 15 is 0 Å². The number of para-hydroxylation sites is 1. The van der Waals surface area contributed by atoms with Gasteiger partial charge in [0.1, 0.15) is 5.75 Å². The van der Waals surface area contributed by atoms with Gasteiger partial charge in [-0.3, -0.25) is 9.78 Å². The Bertz CT molecular complexity index is 562. The van der Waals surface area contributed by atoms with Gasteiger partial charge in [0.2, 0.25) is 0 Å². The number of nitrogens with zero attached hydrogens (tertiary/aromatic N) is 1. The number of ketones is 1. The maximum absolute atomic E-state index is 12.0. The number of aromatic nitrogens is 1. The molecule has 0 atom stereocenters. The van der Waals surface area contributed by atoms with Crippen LogP contribution < -0.4 is 4.74 Å². The lowest BCUT2D eigenvalue weighted by molar-refractivity contribution is 0.104. The molecular formula is C15H13NO2. The van der Waals surface area contributed by atoms with E-state index in [0.717, 1.165) is 5.69 Å². The largest absolute Gasteiger partial charge is 0.496 e. The highest BCUT2D eigenvalue weighted by Crippen LogP contribution is 2.18. The Labute approximate surface area is 106 Å². The van der Waals surface area contributed by atoms with Crippen LogP contribution in [-0.2, 0) is 0 Å². The summed E-state index contributed by atoms with van der Waals surface area (Å²) in [4.78, 5) is 16.1. The fourth-order valence-electron chi connectivity index (χ4n) is 1.57. The van der Waals surface area contributed by atoms with Gasteiger partial charge in [0.15, 0.2) is 5.78 Å². The molecule has 1 aromatic carbocycles. The number of allylic oxidation sites excluding steroid dienone is 1. The van der Waals surface area contributed by atoms with E-state index in [0.29, 0.717) is 11.3 Å². The zero-order valence-corrected chi connectivity index (χ0v) is 10.0. The fourth-order valence-corrected chi connectivity index (χ4v) is 1.57. The van der Waals surface area contributed by atoms with Crippen molar-refractivity contribution in [2.75, 3.05) is 7.11 Å². The van der Waals surface area contributed by atoms with Crippen molar-refractivity contribution in [1.82, 2.24) is 4.98 Å². The molecule has 0 aliphatic carbocycles. The number of benzene rings is 1. The van der Waals surface area contributed by atoms with Crippen LogP contribution in [0.15, 0.2) is 54.7 Å². The van der Waals surface area contributed by atoms with Crippen molar-refractivity contribution in [1.29, 1.82) is 0 Å². The van der Waals surface area contributed by atoms with Crippen LogP contribution in [0.4, 0.5) is 0 Å². The van der Waals surface area contributed by atoms with Gasteiger partial charge < -0.3 is 4.74 Å². The topological polar surface area (TPSA) is 39.2 Å². The van der Waals surface area contributed by atoms with Crippen LogP contribution in [0.5, 0.6) is 5.75 Å². The van der Waals surface area contributed by atoms with Crippen LogP contribution in [0.1, 0.15) is 16.1 Å². The number of hydrogen-bond donors (Lipinski definition) is 0. The molecule has 0 saturated heterocycles. The van der Waals surface area contributed by atoms with E-state index in [1.807, 2.05) is 30.3 Å². The Hall–Kier alpha value is -2.42. The summed E-state index contributed by atoms with van der Waals surface area (Å²) in [5, 5.41) is 0. The number of pyridine rings is 1. The third-order valence-corrected chi connectivity index (χ3v) is 2.47. The Morgan fingerprint density at radius 1 is 1.17 bits per heavy atom. The molecule has 0 spiro atoms. The van der Waals surface area contributed by atoms with Crippen LogP contribution in [0.3, 0.4) is 0 Å². The summed E-state index contributed by atoms with van der Waals surface area (Å²) in [5.41, 5.74) is 1.30. The van der Waals surface area contributed by atoms with Gasteiger partial charge in [-0.2, -0.15) is 0 Å². The molecule has 0 amide bonds. The summed E-state index contributed by atoms with van der Waals surface area (Å²) in [7, 11) is 1.55. The summed E-state index contributed by atoms with van der Waals surface area (Å²) in [6, 6.07) is 12.7. The Morgan fingerprint density at radius 2 is 1.94 bits per heavy atom. The molecule has 90 valence electrons. The molecule has 0 bridgehead atoms. The molecule has 1 aromatic heterocycles. The summed E-state index contributed by atoms with van der Waals surface area (Å²) in [6.45, 7) is 0. The van der Waals surface area contributed by atoms with Crippen molar-refractivity contribution < 1.29 is 9.53 Å². The van der Waals surface area contributed by atoms with E-state index < -0.39 is 0 Å². The quantitative estimate of drug-likeness (QED) is 0.608. The van der Waals surface area contributed by atoms with Gasteiger partial charge in [-0.15, -0.1) is 0 Å². The van der Waals surface area contributed by atoms with Gasteiger partial charge in [0.05, 0.1) is 18.4 Å². The zero-order valence-electron chi connectivity index (χ0n) is 10.0. The smallest absolute Gasteiger partial charge is 0.189 e. The van der Waals surface area contributed by atoms with E-state index in [4.69, 9.17) is 4.74 Å². The average Bonchev–Trinajstić information content (AvgIpc) is 2.45. The second kappa shape index (κ2) is 5.77. The average molecular weight is 239 g/mol. The minimum absolute atomic E-state index is 0.0990. The molecule has 0 aliphatic heterocycles. The second-order valence-electron chi connectivity index (χ2n) is 3.65. The SMILES string of the molecule is COc1ccccc1C(=O)/C=C/c1ccccn1. The lowest BCUT2D eigenvalue weighted by Gasteiger charge is -2.04.